The van der Waals surface area contributed by atoms with Gasteiger partial charge in [0.25, 0.3) is 0 Å². The van der Waals surface area contributed by atoms with Crippen LogP contribution < -0.4 is 9.80 Å². The molecule has 2 heteroatoms. The zero-order chi connectivity index (χ0) is 44.0. The average Bonchev–Trinajstić information content (AvgIpc) is 3.72. The number of nitrogens with zero attached hydrogens (tertiary/aromatic N) is 2. The highest BCUT2D eigenvalue weighted by molar-refractivity contribution is 5.89. The zero-order valence-corrected chi connectivity index (χ0v) is 37.7. The fraction of sp³-hybridized carbons (Fsp3) is 0.129. The molecule has 0 bridgehead atoms. The minimum absolute atomic E-state index is 0.0768. The summed E-state index contributed by atoms with van der Waals surface area (Å²) < 4.78 is 0. The van der Waals surface area contributed by atoms with Gasteiger partial charge in [-0.1, -0.05) is 181 Å². The molecule has 0 saturated heterocycles. The molecule has 0 atom stereocenters. The number of fused-ring (bicyclic) bond motifs is 6. The van der Waals surface area contributed by atoms with Gasteiger partial charge in [0.1, 0.15) is 0 Å². The second-order valence-corrected chi connectivity index (χ2v) is 17.8. The van der Waals surface area contributed by atoms with Crippen molar-refractivity contribution in [3.05, 3.63) is 241 Å². The fourth-order valence-electron chi connectivity index (χ4n) is 10.2. The van der Waals surface area contributed by atoms with E-state index in [9.17, 15) is 0 Å². The molecule has 9 aromatic carbocycles. The van der Waals surface area contributed by atoms with Crippen LogP contribution in [0.25, 0.3) is 44.5 Å². The van der Waals surface area contributed by atoms with E-state index in [2.05, 4.69) is 256 Å². The zero-order valence-electron chi connectivity index (χ0n) is 37.7. The Hall–Kier alpha value is -7.42. The van der Waals surface area contributed by atoms with E-state index in [4.69, 9.17) is 0 Å². The predicted octanol–water partition coefficient (Wildman–Crippen LogP) is 17.6. The number of hydrogen-bond donors (Lipinski definition) is 0. The largest absolute Gasteiger partial charge is 0.310 e. The van der Waals surface area contributed by atoms with Crippen LogP contribution in [0.1, 0.15) is 63.8 Å². The normalized spacial score (nSPS) is 13.4. The van der Waals surface area contributed by atoms with Gasteiger partial charge >= 0.3 is 0 Å². The first-order valence-electron chi connectivity index (χ1n) is 22.8. The molecule has 2 aliphatic carbocycles. The molecule has 0 aliphatic heterocycles. The second kappa shape index (κ2) is 16.4. The van der Waals surface area contributed by atoms with Crippen LogP contribution in [-0.4, -0.2) is 0 Å². The lowest BCUT2D eigenvalue weighted by Gasteiger charge is -2.28. The topological polar surface area (TPSA) is 6.48 Å². The highest BCUT2D eigenvalue weighted by atomic mass is 15.1. The predicted molar refractivity (Wildman–Crippen MR) is 273 cm³/mol. The lowest BCUT2D eigenvalue weighted by Crippen LogP contribution is -2.16. The third-order valence-electron chi connectivity index (χ3n) is 13.5. The maximum absolute atomic E-state index is 2.41. The van der Waals surface area contributed by atoms with Gasteiger partial charge in [-0.3, -0.25) is 0 Å². The highest BCUT2D eigenvalue weighted by Crippen LogP contribution is 2.53. The van der Waals surface area contributed by atoms with Crippen molar-refractivity contribution in [3.8, 4) is 44.5 Å². The summed E-state index contributed by atoms with van der Waals surface area (Å²) in [6, 6.07) is 80.1. The third-order valence-corrected chi connectivity index (χ3v) is 13.5. The van der Waals surface area contributed by atoms with Gasteiger partial charge in [-0.25, -0.2) is 0 Å². The molecular weight excluding hydrogens is 773 g/mol. The van der Waals surface area contributed by atoms with Gasteiger partial charge in [0.15, 0.2) is 0 Å². The summed E-state index contributed by atoms with van der Waals surface area (Å²) in [6.45, 7) is 13.4. The smallest absolute Gasteiger partial charge is 0.0465 e. The van der Waals surface area contributed by atoms with Gasteiger partial charge < -0.3 is 9.80 Å². The first-order valence-corrected chi connectivity index (χ1v) is 22.8. The summed E-state index contributed by atoms with van der Waals surface area (Å²) in [5, 5.41) is 0. The van der Waals surface area contributed by atoms with Crippen LogP contribution in [-0.2, 0) is 10.8 Å². The van der Waals surface area contributed by atoms with E-state index in [1.165, 1.54) is 66.8 Å². The van der Waals surface area contributed by atoms with Crippen molar-refractivity contribution in [1.29, 1.82) is 0 Å². The van der Waals surface area contributed by atoms with E-state index < -0.39 is 0 Å². The molecule has 0 aromatic heterocycles. The summed E-state index contributed by atoms with van der Waals surface area (Å²) in [4.78, 5) is 4.76. The van der Waals surface area contributed by atoms with Crippen molar-refractivity contribution in [1.82, 2.24) is 0 Å². The molecule has 2 aliphatic rings. The van der Waals surface area contributed by atoms with Crippen molar-refractivity contribution in [3.63, 3.8) is 0 Å². The van der Waals surface area contributed by atoms with E-state index in [-0.39, 0.29) is 10.8 Å². The molecule has 312 valence electrons. The maximum Gasteiger partial charge on any atom is 0.0465 e. The standard InChI is InChI=1S/C60H48N2.C2H6/c1-59(2)55-23-15-14-22-51(55)53-36-33-49(39-57(53)59)61(45-18-10-6-11-19-45)47-29-24-42(25-30-47)43-26-31-48(32-27-43)62(46-20-12-7-13-21-46)50-34-37-54-52-35-28-44(41-16-8-5-9-17-41)38-56(52)60(3,4)58(54)40-50;1-2/h5-40H,1-4H3;1-2H3. The number of para-hydroxylation sites is 2. The molecule has 0 fully saturated rings. The van der Waals surface area contributed by atoms with Crippen LogP contribution >= 0.6 is 0 Å². The lowest BCUT2D eigenvalue weighted by atomic mass is 9.81. The summed E-state index contributed by atoms with van der Waals surface area (Å²) >= 11 is 0. The van der Waals surface area contributed by atoms with E-state index in [1.807, 2.05) is 13.8 Å². The molecule has 11 rings (SSSR count). The van der Waals surface area contributed by atoms with Crippen molar-refractivity contribution in [2.24, 2.45) is 0 Å². The average molecular weight is 827 g/mol. The maximum atomic E-state index is 2.41. The molecular formula is C62H54N2. The van der Waals surface area contributed by atoms with Crippen LogP contribution in [0.5, 0.6) is 0 Å². The first-order chi connectivity index (χ1) is 31.3. The summed E-state index contributed by atoms with van der Waals surface area (Å²) in [6.07, 6.45) is 0. The first kappa shape index (κ1) is 40.6. The Kier molecular flexibility index (Phi) is 10.4. The summed E-state index contributed by atoms with van der Waals surface area (Å²) in [7, 11) is 0. The Morgan fingerprint density at radius 2 is 0.562 bits per heavy atom. The van der Waals surface area contributed by atoms with Gasteiger partial charge in [-0.15, -0.1) is 0 Å². The van der Waals surface area contributed by atoms with Crippen LogP contribution in [0.3, 0.4) is 0 Å². The molecule has 0 N–H and O–H groups in total. The van der Waals surface area contributed by atoms with Crippen molar-refractivity contribution in [2.45, 2.75) is 52.4 Å². The molecule has 64 heavy (non-hydrogen) atoms. The van der Waals surface area contributed by atoms with E-state index in [1.54, 1.807) is 0 Å². The quantitative estimate of drug-likeness (QED) is 0.151. The van der Waals surface area contributed by atoms with E-state index >= 15 is 0 Å². The molecule has 0 amide bonds. The van der Waals surface area contributed by atoms with Gasteiger partial charge in [0, 0.05) is 45.0 Å². The Labute approximate surface area is 379 Å². The minimum atomic E-state index is -0.150. The second-order valence-electron chi connectivity index (χ2n) is 17.8. The minimum Gasteiger partial charge on any atom is -0.310 e. The lowest BCUT2D eigenvalue weighted by molar-refractivity contribution is 0.660. The van der Waals surface area contributed by atoms with E-state index in [0.717, 1.165) is 34.1 Å². The molecule has 0 spiro atoms. The SMILES string of the molecule is CC.CC1(C)c2ccccc2-c2ccc(N(c3ccccc3)c3ccc(-c4ccc(N(c5ccccc5)c5ccc6c(c5)C(C)(C)c5cc(-c7ccccc7)ccc5-6)cc4)cc3)cc21. The van der Waals surface area contributed by atoms with Crippen LogP contribution in [0.2, 0.25) is 0 Å². The van der Waals surface area contributed by atoms with E-state index in [0.29, 0.717) is 0 Å². The Bertz CT molecular complexity index is 3090. The summed E-state index contributed by atoms with van der Waals surface area (Å²) in [5.41, 5.74) is 22.2. The molecule has 0 unspecified atom stereocenters. The number of rotatable bonds is 8. The number of hydrogen-bond acceptors (Lipinski definition) is 2. The third kappa shape index (κ3) is 6.91. The molecule has 9 aromatic rings. The van der Waals surface area contributed by atoms with Crippen LogP contribution in [0.15, 0.2) is 218 Å². The van der Waals surface area contributed by atoms with Crippen LogP contribution in [0, 0.1) is 0 Å². The van der Waals surface area contributed by atoms with Gasteiger partial charge in [0.05, 0.1) is 0 Å². The van der Waals surface area contributed by atoms with Crippen molar-refractivity contribution >= 4 is 34.1 Å². The Morgan fingerprint density at radius 1 is 0.250 bits per heavy atom. The molecule has 2 nitrogen and oxygen atoms in total. The summed E-state index contributed by atoms with van der Waals surface area (Å²) in [5.74, 6) is 0. The van der Waals surface area contributed by atoms with Crippen LogP contribution in [0.4, 0.5) is 34.1 Å². The Balaban J connectivity index is 0.00000239. The van der Waals surface area contributed by atoms with Gasteiger partial charge in [0.2, 0.25) is 0 Å². The monoisotopic (exact) mass is 826 g/mol. The number of anilines is 6. The van der Waals surface area contributed by atoms with Crippen molar-refractivity contribution < 1.29 is 0 Å². The molecule has 0 radical (unpaired) electrons. The van der Waals surface area contributed by atoms with Gasteiger partial charge in [-0.2, -0.15) is 0 Å². The fourth-order valence-corrected chi connectivity index (χ4v) is 10.2. The molecule has 0 heterocycles. The molecule has 0 saturated carbocycles. The highest BCUT2D eigenvalue weighted by Gasteiger charge is 2.37. The van der Waals surface area contributed by atoms with Gasteiger partial charge in [-0.05, 0) is 146 Å². The number of benzene rings is 9. The van der Waals surface area contributed by atoms with Crippen molar-refractivity contribution in [2.75, 3.05) is 9.80 Å². The Morgan fingerprint density at radius 3 is 1.05 bits per heavy atom.